The van der Waals surface area contributed by atoms with Gasteiger partial charge in [0.25, 0.3) is 0 Å². The lowest BCUT2D eigenvalue weighted by atomic mass is 10.1. The SMILES string of the molecule is CCC(C(=O)O)N(C)Cc1ccc(F)cc1Br. The Bertz CT molecular complexity index is 411. The van der Waals surface area contributed by atoms with Crippen LogP contribution in [0.15, 0.2) is 22.7 Å². The Hall–Kier alpha value is -0.940. The van der Waals surface area contributed by atoms with Crippen LogP contribution in [0.3, 0.4) is 0 Å². The largest absolute Gasteiger partial charge is 0.480 e. The van der Waals surface area contributed by atoms with Crippen molar-refractivity contribution >= 4 is 21.9 Å². The normalized spacial score (nSPS) is 12.8. The average Bonchev–Trinajstić information content (AvgIpc) is 2.22. The molecule has 1 aromatic carbocycles. The lowest BCUT2D eigenvalue weighted by Gasteiger charge is -2.23. The number of aliphatic carboxylic acids is 1. The highest BCUT2D eigenvalue weighted by atomic mass is 79.9. The first-order valence-electron chi connectivity index (χ1n) is 5.32. The van der Waals surface area contributed by atoms with Crippen LogP contribution in [0, 0.1) is 5.82 Å². The zero-order valence-electron chi connectivity index (χ0n) is 9.78. The molecular formula is C12H15BrFNO2. The number of nitrogens with zero attached hydrogens (tertiary/aromatic N) is 1. The molecule has 0 spiro atoms. The van der Waals surface area contributed by atoms with Crippen LogP contribution in [0.4, 0.5) is 4.39 Å². The van der Waals surface area contributed by atoms with E-state index in [4.69, 9.17) is 5.11 Å². The molecule has 94 valence electrons. The molecule has 1 unspecified atom stereocenters. The molecule has 17 heavy (non-hydrogen) atoms. The van der Waals surface area contributed by atoms with E-state index >= 15 is 0 Å². The monoisotopic (exact) mass is 303 g/mol. The molecule has 0 saturated carbocycles. The smallest absolute Gasteiger partial charge is 0.320 e. The van der Waals surface area contributed by atoms with Gasteiger partial charge in [0, 0.05) is 11.0 Å². The van der Waals surface area contributed by atoms with Crippen molar-refractivity contribution in [1.82, 2.24) is 4.90 Å². The second-order valence-electron chi connectivity index (χ2n) is 3.91. The van der Waals surface area contributed by atoms with Gasteiger partial charge < -0.3 is 5.11 Å². The summed E-state index contributed by atoms with van der Waals surface area (Å²) < 4.78 is 13.6. The third kappa shape index (κ3) is 3.78. The van der Waals surface area contributed by atoms with Crippen molar-refractivity contribution in [2.45, 2.75) is 25.9 Å². The van der Waals surface area contributed by atoms with Crippen LogP contribution < -0.4 is 0 Å². The maximum absolute atomic E-state index is 12.9. The van der Waals surface area contributed by atoms with Crippen molar-refractivity contribution in [2.24, 2.45) is 0 Å². The molecule has 0 fully saturated rings. The van der Waals surface area contributed by atoms with Crippen molar-refractivity contribution in [1.29, 1.82) is 0 Å². The van der Waals surface area contributed by atoms with Gasteiger partial charge in [0.05, 0.1) is 0 Å². The summed E-state index contributed by atoms with van der Waals surface area (Å²) in [4.78, 5) is 12.7. The second-order valence-corrected chi connectivity index (χ2v) is 4.77. The Morgan fingerprint density at radius 3 is 2.71 bits per heavy atom. The minimum atomic E-state index is -0.840. The molecule has 5 heteroatoms. The first-order valence-corrected chi connectivity index (χ1v) is 6.12. The average molecular weight is 304 g/mol. The molecule has 0 radical (unpaired) electrons. The second kappa shape index (κ2) is 6.12. The first-order chi connectivity index (χ1) is 7.95. The predicted octanol–water partition coefficient (Wildman–Crippen LogP) is 2.88. The minimum absolute atomic E-state index is 0.312. The number of rotatable bonds is 5. The third-order valence-electron chi connectivity index (χ3n) is 2.64. The molecule has 0 heterocycles. The van der Waals surface area contributed by atoms with Crippen molar-refractivity contribution < 1.29 is 14.3 Å². The lowest BCUT2D eigenvalue weighted by Crippen LogP contribution is -2.37. The van der Waals surface area contributed by atoms with E-state index in [0.717, 1.165) is 5.56 Å². The summed E-state index contributed by atoms with van der Waals surface area (Å²) in [6.45, 7) is 2.29. The van der Waals surface area contributed by atoms with E-state index in [2.05, 4.69) is 15.9 Å². The molecule has 0 aliphatic carbocycles. The predicted molar refractivity (Wildman–Crippen MR) is 67.3 cm³/mol. The number of likely N-dealkylation sites (N-methyl/N-ethyl adjacent to an activating group) is 1. The zero-order valence-corrected chi connectivity index (χ0v) is 11.4. The Morgan fingerprint density at radius 1 is 1.59 bits per heavy atom. The summed E-state index contributed by atoms with van der Waals surface area (Å²) in [5, 5.41) is 9.02. The highest BCUT2D eigenvalue weighted by Crippen LogP contribution is 2.20. The number of benzene rings is 1. The summed E-state index contributed by atoms with van der Waals surface area (Å²) in [6.07, 6.45) is 0.532. The van der Waals surface area contributed by atoms with Crippen LogP contribution >= 0.6 is 15.9 Å². The Kier molecular flexibility index (Phi) is 5.08. The molecule has 0 aromatic heterocycles. The first kappa shape index (κ1) is 14.1. The van der Waals surface area contributed by atoms with Gasteiger partial charge in [-0.25, -0.2) is 4.39 Å². The Labute approximate surface area is 108 Å². The summed E-state index contributed by atoms with van der Waals surface area (Å²) in [7, 11) is 1.75. The highest BCUT2D eigenvalue weighted by Gasteiger charge is 2.20. The molecule has 1 aromatic rings. The zero-order chi connectivity index (χ0) is 13.0. The Balaban J connectivity index is 2.79. The minimum Gasteiger partial charge on any atom is -0.480 e. The number of hydrogen-bond acceptors (Lipinski definition) is 2. The van der Waals surface area contributed by atoms with Crippen molar-refractivity contribution in [3.63, 3.8) is 0 Å². The molecular weight excluding hydrogens is 289 g/mol. The van der Waals surface area contributed by atoms with Crippen LogP contribution in [0.2, 0.25) is 0 Å². The number of carbonyl (C=O) groups is 1. The molecule has 0 amide bonds. The third-order valence-corrected chi connectivity index (χ3v) is 3.38. The molecule has 1 rings (SSSR count). The van der Waals surface area contributed by atoms with Gasteiger partial charge in [-0.1, -0.05) is 28.9 Å². The van der Waals surface area contributed by atoms with Crippen LogP contribution in [0.1, 0.15) is 18.9 Å². The van der Waals surface area contributed by atoms with Gasteiger partial charge in [0.2, 0.25) is 0 Å². The molecule has 0 aliphatic rings. The highest BCUT2D eigenvalue weighted by molar-refractivity contribution is 9.10. The quantitative estimate of drug-likeness (QED) is 0.909. The van der Waals surface area contributed by atoms with Gasteiger partial charge in [0.15, 0.2) is 0 Å². The number of carboxylic acids is 1. The lowest BCUT2D eigenvalue weighted by molar-refractivity contribution is -0.143. The van der Waals surface area contributed by atoms with E-state index in [0.29, 0.717) is 17.4 Å². The van der Waals surface area contributed by atoms with Gasteiger partial charge in [-0.3, -0.25) is 9.69 Å². The number of halogens is 2. The van der Waals surface area contributed by atoms with Gasteiger partial charge in [-0.05, 0) is 31.2 Å². The fraction of sp³-hybridized carbons (Fsp3) is 0.417. The van der Waals surface area contributed by atoms with E-state index in [1.807, 2.05) is 6.92 Å². The van der Waals surface area contributed by atoms with Crippen molar-refractivity contribution in [3.05, 3.63) is 34.1 Å². The molecule has 0 bridgehead atoms. The van der Waals surface area contributed by atoms with E-state index in [1.54, 1.807) is 18.0 Å². The topological polar surface area (TPSA) is 40.5 Å². The van der Waals surface area contributed by atoms with E-state index < -0.39 is 12.0 Å². The number of hydrogen-bond donors (Lipinski definition) is 1. The fourth-order valence-corrected chi connectivity index (χ4v) is 2.18. The number of carboxylic acid groups (broad SMARTS) is 1. The summed E-state index contributed by atoms with van der Waals surface area (Å²) in [5.41, 5.74) is 0.869. The molecule has 1 atom stereocenters. The summed E-state index contributed by atoms with van der Waals surface area (Å²) >= 11 is 3.27. The van der Waals surface area contributed by atoms with Crippen LogP contribution in [-0.2, 0) is 11.3 Å². The molecule has 1 N–H and O–H groups in total. The van der Waals surface area contributed by atoms with E-state index in [9.17, 15) is 9.18 Å². The van der Waals surface area contributed by atoms with E-state index in [-0.39, 0.29) is 5.82 Å². The summed E-state index contributed by atoms with van der Waals surface area (Å²) in [6, 6.07) is 3.89. The van der Waals surface area contributed by atoms with Crippen LogP contribution in [0.25, 0.3) is 0 Å². The maximum atomic E-state index is 12.9. The van der Waals surface area contributed by atoms with E-state index in [1.165, 1.54) is 12.1 Å². The Morgan fingerprint density at radius 2 is 2.24 bits per heavy atom. The fourth-order valence-electron chi connectivity index (χ4n) is 1.70. The standard InChI is InChI=1S/C12H15BrFNO2/c1-3-11(12(16)17)15(2)7-8-4-5-9(14)6-10(8)13/h4-6,11H,3,7H2,1-2H3,(H,16,17). The van der Waals surface area contributed by atoms with Gasteiger partial charge in [0.1, 0.15) is 11.9 Å². The summed E-state index contributed by atoms with van der Waals surface area (Å²) in [5.74, 6) is -1.15. The van der Waals surface area contributed by atoms with Crippen molar-refractivity contribution in [3.8, 4) is 0 Å². The van der Waals surface area contributed by atoms with Crippen LogP contribution in [0.5, 0.6) is 0 Å². The van der Waals surface area contributed by atoms with Crippen molar-refractivity contribution in [2.75, 3.05) is 7.05 Å². The van der Waals surface area contributed by atoms with Gasteiger partial charge in [-0.2, -0.15) is 0 Å². The van der Waals surface area contributed by atoms with Crippen LogP contribution in [-0.4, -0.2) is 29.1 Å². The maximum Gasteiger partial charge on any atom is 0.320 e. The molecule has 3 nitrogen and oxygen atoms in total. The molecule has 0 aliphatic heterocycles. The van der Waals surface area contributed by atoms with Gasteiger partial charge >= 0.3 is 5.97 Å². The van der Waals surface area contributed by atoms with Gasteiger partial charge in [-0.15, -0.1) is 0 Å². The molecule has 0 saturated heterocycles.